The molecular weight excluding hydrogens is 334 g/mol. The monoisotopic (exact) mass is 342 g/mol. The van der Waals surface area contributed by atoms with E-state index >= 15 is 0 Å². The van der Waals surface area contributed by atoms with Crippen LogP contribution < -0.4 is 0 Å². The summed E-state index contributed by atoms with van der Waals surface area (Å²) in [4.78, 5) is 4.48. The highest BCUT2D eigenvalue weighted by Gasteiger charge is 2.18. The van der Waals surface area contributed by atoms with Crippen LogP contribution in [0, 0.1) is 5.82 Å². The van der Waals surface area contributed by atoms with E-state index in [0.717, 1.165) is 5.52 Å². The molecule has 0 saturated heterocycles. The van der Waals surface area contributed by atoms with Gasteiger partial charge in [0.15, 0.2) is 0 Å². The average Bonchev–Trinajstić information content (AvgIpc) is 2.78. The second-order valence-corrected chi connectivity index (χ2v) is 6.15. The van der Waals surface area contributed by atoms with Gasteiger partial charge < -0.3 is 0 Å². The number of para-hydroxylation sites is 1. The molecule has 3 rings (SSSR count). The average molecular weight is 344 g/mol. The van der Waals surface area contributed by atoms with Crippen molar-refractivity contribution in [3.05, 3.63) is 58.1 Å². The molecule has 2 aromatic carbocycles. The maximum absolute atomic E-state index is 13.7. The highest BCUT2D eigenvalue weighted by atomic mass is 35.5. The van der Waals surface area contributed by atoms with Crippen LogP contribution in [-0.4, -0.2) is 9.55 Å². The van der Waals surface area contributed by atoms with Crippen LogP contribution in [0.25, 0.3) is 16.7 Å². The molecule has 1 aromatic heterocycles. The molecule has 1 heterocycles. The van der Waals surface area contributed by atoms with Gasteiger partial charge in [0.1, 0.15) is 17.2 Å². The molecule has 1 unspecified atom stereocenters. The van der Waals surface area contributed by atoms with E-state index in [2.05, 4.69) is 4.98 Å². The Morgan fingerprint density at radius 1 is 1.19 bits per heavy atom. The molecule has 1 atom stereocenters. The second kappa shape index (κ2) is 5.48. The maximum atomic E-state index is 13.7. The first-order valence-electron chi connectivity index (χ1n) is 6.25. The zero-order valence-corrected chi connectivity index (χ0v) is 13.2. The van der Waals surface area contributed by atoms with Crippen molar-refractivity contribution in [3.8, 4) is 5.69 Å². The third kappa shape index (κ3) is 2.61. The predicted octanol–water partition coefficient (Wildman–Crippen LogP) is 5.77. The lowest BCUT2D eigenvalue weighted by molar-refractivity contribution is 0.626. The van der Waals surface area contributed by atoms with E-state index in [-0.39, 0.29) is 5.38 Å². The van der Waals surface area contributed by atoms with Gasteiger partial charge in [0.25, 0.3) is 0 Å². The number of alkyl halides is 1. The SMILES string of the molecule is CC(Cl)c1nc2c(Cl)cccc2n1-c1cc(F)cc(Cl)c1. The van der Waals surface area contributed by atoms with Crippen molar-refractivity contribution in [2.75, 3.05) is 0 Å². The molecule has 2 nitrogen and oxygen atoms in total. The Kier molecular flexibility index (Phi) is 3.82. The highest BCUT2D eigenvalue weighted by molar-refractivity contribution is 6.35. The summed E-state index contributed by atoms with van der Waals surface area (Å²) in [6.45, 7) is 1.80. The van der Waals surface area contributed by atoms with E-state index in [1.807, 2.05) is 12.1 Å². The Bertz CT molecular complexity index is 807. The maximum Gasteiger partial charge on any atom is 0.132 e. The number of rotatable bonds is 2. The lowest BCUT2D eigenvalue weighted by atomic mass is 10.2. The number of benzene rings is 2. The van der Waals surface area contributed by atoms with Crippen molar-refractivity contribution in [3.63, 3.8) is 0 Å². The third-order valence-electron chi connectivity index (χ3n) is 3.12. The van der Waals surface area contributed by atoms with E-state index in [0.29, 0.717) is 27.1 Å². The lowest BCUT2D eigenvalue weighted by Gasteiger charge is -2.11. The van der Waals surface area contributed by atoms with Crippen LogP contribution in [0.3, 0.4) is 0 Å². The molecule has 0 bridgehead atoms. The first-order chi connectivity index (χ1) is 9.97. The van der Waals surface area contributed by atoms with E-state index in [1.54, 1.807) is 23.6 Å². The predicted molar refractivity (Wildman–Crippen MR) is 85.3 cm³/mol. The molecule has 0 spiro atoms. The molecule has 0 radical (unpaired) electrons. The first kappa shape index (κ1) is 14.6. The fourth-order valence-corrected chi connectivity index (χ4v) is 2.86. The summed E-state index contributed by atoms with van der Waals surface area (Å²) in [6.07, 6.45) is 0. The van der Waals surface area contributed by atoms with Crippen LogP contribution in [0.5, 0.6) is 0 Å². The topological polar surface area (TPSA) is 17.8 Å². The summed E-state index contributed by atoms with van der Waals surface area (Å²) in [6, 6.07) is 9.72. The zero-order valence-electron chi connectivity index (χ0n) is 10.9. The largest absolute Gasteiger partial charge is 0.295 e. The molecule has 6 heteroatoms. The Labute approximate surface area is 136 Å². The normalized spacial score (nSPS) is 12.8. The molecule has 108 valence electrons. The number of fused-ring (bicyclic) bond motifs is 1. The van der Waals surface area contributed by atoms with Crippen molar-refractivity contribution in [2.24, 2.45) is 0 Å². The molecule has 0 aliphatic heterocycles. The van der Waals surface area contributed by atoms with Gasteiger partial charge in [-0.3, -0.25) is 4.57 Å². The van der Waals surface area contributed by atoms with Gasteiger partial charge in [-0.1, -0.05) is 29.3 Å². The van der Waals surface area contributed by atoms with Gasteiger partial charge in [-0.2, -0.15) is 0 Å². The molecule has 0 amide bonds. The lowest BCUT2D eigenvalue weighted by Crippen LogP contribution is -2.02. The van der Waals surface area contributed by atoms with Crippen molar-refractivity contribution in [1.29, 1.82) is 0 Å². The number of halogens is 4. The minimum Gasteiger partial charge on any atom is -0.295 e. The number of hydrogen-bond donors (Lipinski definition) is 0. The van der Waals surface area contributed by atoms with Gasteiger partial charge in [-0.15, -0.1) is 11.6 Å². The van der Waals surface area contributed by atoms with E-state index < -0.39 is 5.82 Å². The standard InChI is InChI=1S/C15H10Cl3FN2/c1-8(16)15-20-14-12(18)3-2-4-13(14)21(15)11-6-9(17)5-10(19)7-11/h2-8H,1H3. The van der Waals surface area contributed by atoms with E-state index in [9.17, 15) is 4.39 Å². The van der Waals surface area contributed by atoms with Gasteiger partial charge in [0.05, 0.1) is 21.6 Å². The van der Waals surface area contributed by atoms with Crippen LogP contribution >= 0.6 is 34.8 Å². The van der Waals surface area contributed by atoms with Gasteiger partial charge >= 0.3 is 0 Å². The van der Waals surface area contributed by atoms with Crippen LogP contribution in [0.2, 0.25) is 10.0 Å². The number of hydrogen-bond acceptors (Lipinski definition) is 1. The molecule has 0 saturated carbocycles. The summed E-state index contributed by atoms with van der Waals surface area (Å²) >= 11 is 18.3. The Morgan fingerprint density at radius 3 is 2.62 bits per heavy atom. The van der Waals surface area contributed by atoms with Crippen molar-refractivity contribution < 1.29 is 4.39 Å². The van der Waals surface area contributed by atoms with Crippen LogP contribution in [0.4, 0.5) is 4.39 Å². The van der Waals surface area contributed by atoms with Crippen LogP contribution in [0.1, 0.15) is 18.1 Å². The number of imidazole rings is 1. The van der Waals surface area contributed by atoms with Crippen molar-refractivity contribution in [1.82, 2.24) is 9.55 Å². The third-order valence-corrected chi connectivity index (χ3v) is 3.84. The van der Waals surface area contributed by atoms with Crippen LogP contribution in [0.15, 0.2) is 36.4 Å². The second-order valence-electron chi connectivity index (χ2n) is 4.66. The van der Waals surface area contributed by atoms with E-state index in [4.69, 9.17) is 34.8 Å². The van der Waals surface area contributed by atoms with Crippen LogP contribution in [-0.2, 0) is 0 Å². The fraction of sp³-hybridized carbons (Fsp3) is 0.133. The molecule has 0 fully saturated rings. The Morgan fingerprint density at radius 2 is 1.95 bits per heavy atom. The number of nitrogens with zero attached hydrogens (tertiary/aromatic N) is 2. The van der Waals surface area contributed by atoms with Crippen molar-refractivity contribution in [2.45, 2.75) is 12.3 Å². The Hall–Kier alpha value is -1.29. The fourth-order valence-electron chi connectivity index (χ4n) is 2.29. The first-order valence-corrected chi connectivity index (χ1v) is 7.44. The summed E-state index contributed by atoms with van der Waals surface area (Å²) in [5.74, 6) is 0.163. The molecular formula is C15H10Cl3FN2. The highest BCUT2D eigenvalue weighted by Crippen LogP contribution is 2.32. The van der Waals surface area contributed by atoms with Gasteiger partial charge in [0.2, 0.25) is 0 Å². The zero-order chi connectivity index (χ0) is 15.1. The molecule has 0 aliphatic carbocycles. The Balaban J connectivity index is 2.39. The molecule has 0 aliphatic rings. The van der Waals surface area contributed by atoms with Gasteiger partial charge in [-0.25, -0.2) is 9.37 Å². The minimum absolute atomic E-state index is 0.307. The summed E-state index contributed by atoms with van der Waals surface area (Å²) < 4.78 is 15.4. The summed E-state index contributed by atoms with van der Waals surface area (Å²) in [5, 5.41) is 0.463. The smallest absolute Gasteiger partial charge is 0.132 e. The summed E-state index contributed by atoms with van der Waals surface area (Å²) in [5.41, 5.74) is 1.95. The number of aromatic nitrogens is 2. The molecule has 3 aromatic rings. The quantitative estimate of drug-likeness (QED) is 0.540. The molecule has 21 heavy (non-hydrogen) atoms. The summed E-state index contributed by atoms with van der Waals surface area (Å²) in [7, 11) is 0. The van der Waals surface area contributed by atoms with Gasteiger partial charge in [0, 0.05) is 5.02 Å². The van der Waals surface area contributed by atoms with E-state index in [1.165, 1.54) is 12.1 Å². The molecule has 0 N–H and O–H groups in total. The van der Waals surface area contributed by atoms with Crippen molar-refractivity contribution >= 4 is 45.8 Å². The van der Waals surface area contributed by atoms with Gasteiger partial charge in [-0.05, 0) is 37.3 Å². The minimum atomic E-state index is -0.422.